The van der Waals surface area contributed by atoms with E-state index in [0.29, 0.717) is 11.6 Å². The number of aliphatic hydroxyl groups is 1. The normalized spacial score (nSPS) is 11.7. The molecular formula is C13H22BClO5. The summed E-state index contributed by atoms with van der Waals surface area (Å²) in [5.74, 6) is 0. The molecule has 114 valence electrons. The highest BCUT2D eigenvalue weighted by Gasteiger charge is 2.35. The fourth-order valence-electron chi connectivity index (χ4n) is 1.02. The number of benzene rings is 1. The van der Waals surface area contributed by atoms with Crippen LogP contribution in [0.4, 0.5) is 0 Å². The van der Waals surface area contributed by atoms with E-state index in [-0.39, 0.29) is 0 Å². The van der Waals surface area contributed by atoms with Crippen LogP contribution in [0.1, 0.15) is 33.3 Å². The van der Waals surface area contributed by atoms with E-state index >= 15 is 0 Å². The second-order valence-electron chi connectivity index (χ2n) is 5.33. The summed E-state index contributed by atoms with van der Waals surface area (Å²) in [5, 5.41) is 32.1. The lowest BCUT2D eigenvalue weighted by atomic mass is 9.89. The summed E-state index contributed by atoms with van der Waals surface area (Å²) in [6.07, 6.45) is 0. The summed E-state index contributed by atoms with van der Waals surface area (Å²) in [5.41, 5.74) is -0.423. The molecule has 0 spiro atoms. The molecule has 0 radical (unpaired) electrons. The van der Waals surface area contributed by atoms with Crippen LogP contribution in [-0.2, 0) is 11.3 Å². The number of rotatable bonds is 4. The van der Waals surface area contributed by atoms with Crippen molar-refractivity contribution in [3.8, 4) is 0 Å². The van der Waals surface area contributed by atoms with Gasteiger partial charge < -0.3 is 24.9 Å². The Hall–Kier alpha value is -0.625. The van der Waals surface area contributed by atoms with Crippen LogP contribution in [0.25, 0.3) is 0 Å². The molecule has 0 aliphatic carbocycles. The molecule has 0 aliphatic rings. The lowest BCUT2D eigenvalue weighted by Gasteiger charge is -2.37. The van der Waals surface area contributed by atoms with E-state index in [0.717, 1.165) is 5.56 Å². The molecule has 0 aromatic heterocycles. The van der Waals surface area contributed by atoms with Crippen molar-refractivity contribution in [3.05, 3.63) is 34.9 Å². The average molecular weight is 305 g/mol. The summed E-state index contributed by atoms with van der Waals surface area (Å²) in [6, 6.07) is 7.50. The van der Waals surface area contributed by atoms with E-state index < -0.39 is 18.5 Å². The van der Waals surface area contributed by atoms with Crippen LogP contribution >= 0.6 is 11.6 Å². The van der Waals surface area contributed by atoms with E-state index in [1.54, 1.807) is 13.8 Å². The minimum atomic E-state index is -2.17. The van der Waals surface area contributed by atoms with Gasteiger partial charge in [-0.05, 0) is 45.4 Å². The van der Waals surface area contributed by atoms with Crippen LogP contribution in [0.2, 0.25) is 5.02 Å². The first-order valence-electron chi connectivity index (χ1n) is 6.10. The van der Waals surface area contributed by atoms with Crippen LogP contribution < -0.4 is 0 Å². The van der Waals surface area contributed by atoms with Gasteiger partial charge in [0.25, 0.3) is 0 Å². The zero-order valence-electron chi connectivity index (χ0n) is 12.2. The van der Waals surface area contributed by atoms with E-state index in [1.807, 2.05) is 38.1 Å². The van der Waals surface area contributed by atoms with Gasteiger partial charge in [0, 0.05) is 5.02 Å². The first-order valence-corrected chi connectivity index (χ1v) is 6.48. The molecule has 1 aromatic carbocycles. The highest BCUT2D eigenvalue weighted by atomic mass is 35.5. The summed E-state index contributed by atoms with van der Waals surface area (Å²) < 4.78 is 5.73. The third-order valence-corrected chi connectivity index (χ3v) is 3.24. The highest BCUT2D eigenvalue weighted by Crippen LogP contribution is 2.26. The third-order valence-electron chi connectivity index (χ3n) is 2.99. The van der Waals surface area contributed by atoms with Crippen LogP contribution in [-0.4, -0.2) is 38.7 Å². The average Bonchev–Trinajstić information content (AvgIpc) is 2.26. The number of hydrogen-bond acceptors (Lipinski definition) is 5. The zero-order valence-corrected chi connectivity index (χ0v) is 12.9. The van der Waals surface area contributed by atoms with E-state index in [4.69, 9.17) is 31.4 Å². The summed E-state index contributed by atoms with van der Waals surface area (Å²) >= 11 is 5.79. The van der Waals surface area contributed by atoms with Gasteiger partial charge in [0.1, 0.15) is 0 Å². The second-order valence-corrected chi connectivity index (χ2v) is 5.77. The topological polar surface area (TPSA) is 90.2 Å². The largest absolute Gasteiger partial charge is 0.631 e. The quantitative estimate of drug-likeness (QED) is 0.631. The van der Waals surface area contributed by atoms with Crippen molar-refractivity contribution >= 4 is 18.9 Å². The van der Waals surface area contributed by atoms with Gasteiger partial charge in [-0.2, -0.15) is 0 Å². The molecule has 7 heteroatoms. The van der Waals surface area contributed by atoms with Crippen LogP contribution in [0.5, 0.6) is 0 Å². The van der Waals surface area contributed by atoms with Gasteiger partial charge in [0.05, 0.1) is 17.8 Å². The smallest absolute Gasteiger partial charge is 0.402 e. The zero-order chi connectivity index (χ0) is 16.0. The third kappa shape index (κ3) is 7.84. The Morgan fingerprint density at radius 1 is 1.05 bits per heavy atom. The van der Waals surface area contributed by atoms with Gasteiger partial charge >= 0.3 is 7.32 Å². The van der Waals surface area contributed by atoms with Crippen molar-refractivity contribution in [1.82, 2.24) is 0 Å². The molecule has 0 atom stereocenters. The molecule has 1 aromatic rings. The number of halogens is 1. The van der Waals surface area contributed by atoms with Crippen molar-refractivity contribution in [1.29, 1.82) is 0 Å². The Kier molecular flexibility index (Phi) is 7.73. The molecule has 0 saturated heterocycles. The van der Waals surface area contributed by atoms with Gasteiger partial charge in [-0.15, -0.1) is 0 Å². The molecule has 1 rings (SSSR count). The molecule has 20 heavy (non-hydrogen) atoms. The molecular weight excluding hydrogens is 282 g/mol. The summed E-state index contributed by atoms with van der Waals surface area (Å²) in [7, 11) is -2.17. The van der Waals surface area contributed by atoms with Gasteiger partial charge in [-0.1, -0.05) is 23.7 Å². The first kappa shape index (κ1) is 19.4. The Bertz CT molecular complexity index is 384. The molecule has 0 bridgehead atoms. The lowest BCUT2D eigenvalue weighted by molar-refractivity contribution is -0.153. The van der Waals surface area contributed by atoms with Crippen molar-refractivity contribution < 1.29 is 24.9 Å². The molecule has 4 N–H and O–H groups in total. The van der Waals surface area contributed by atoms with E-state index in [9.17, 15) is 5.11 Å². The van der Waals surface area contributed by atoms with Gasteiger partial charge in [0.15, 0.2) is 0 Å². The lowest BCUT2D eigenvalue weighted by Crippen LogP contribution is -2.47. The van der Waals surface area contributed by atoms with Crippen LogP contribution in [0, 0.1) is 0 Å². The maximum atomic E-state index is 9.92. The van der Waals surface area contributed by atoms with Gasteiger partial charge in [-0.3, -0.25) is 0 Å². The maximum Gasteiger partial charge on any atom is 0.631 e. The van der Waals surface area contributed by atoms with E-state index in [1.165, 1.54) is 0 Å². The van der Waals surface area contributed by atoms with Crippen LogP contribution in [0.15, 0.2) is 24.3 Å². The Balaban J connectivity index is 0.000000796. The molecule has 0 heterocycles. The van der Waals surface area contributed by atoms with Gasteiger partial charge in [0.2, 0.25) is 0 Å². The molecule has 0 amide bonds. The molecule has 5 nitrogen and oxygen atoms in total. The Morgan fingerprint density at radius 2 is 1.45 bits per heavy atom. The fourth-order valence-corrected chi connectivity index (χ4v) is 1.15. The summed E-state index contributed by atoms with van der Waals surface area (Å²) in [6.45, 7) is 7.71. The van der Waals surface area contributed by atoms with Gasteiger partial charge in [-0.25, -0.2) is 0 Å². The monoisotopic (exact) mass is 304 g/mol. The second kappa shape index (κ2) is 7.97. The van der Waals surface area contributed by atoms with Crippen molar-refractivity contribution in [2.45, 2.75) is 45.5 Å². The standard InChI is InChI=1S/C13H19ClO2.BH3O3/c1-12(2,15)13(3,4)16-9-10-5-7-11(14)8-6-10;2-1(3)4/h5-8,15H,9H2,1-4H3;2-4H. The molecule has 0 fully saturated rings. The number of hydrogen-bond donors (Lipinski definition) is 4. The summed E-state index contributed by atoms with van der Waals surface area (Å²) in [4.78, 5) is 0. The van der Waals surface area contributed by atoms with Crippen molar-refractivity contribution in [2.75, 3.05) is 0 Å². The minimum absolute atomic E-state index is 0.466. The SMILES string of the molecule is CC(C)(O)C(C)(C)OCc1ccc(Cl)cc1.OB(O)O. The predicted molar refractivity (Wildman–Crippen MR) is 79.0 cm³/mol. The molecule has 0 aliphatic heterocycles. The van der Waals surface area contributed by atoms with Crippen molar-refractivity contribution in [3.63, 3.8) is 0 Å². The predicted octanol–water partition coefficient (Wildman–Crippen LogP) is 1.35. The maximum absolute atomic E-state index is 9.92. The number of ether oxygens (including phenoxy) is 1. The molecule has 0 unspecified atom stereocenters. The molecule has 0 saturated carbocycles. The Labute approximate surface area is 125 Å². The van der Waals surface area contributed by atoms with E-state index in [2.05, 4.69) is 0 Å². The van der Waals surface area contributed by atoms with Crippen molar-refractivity contribution in [2.24, 2.45) is 0 Å². The highest BCUT2D eigenvalue weighted by molar-refractivity contribution is 6.30. The fraction of sp³-hybridized carbons (Fsp3) is 0.538. The minimum Gasteiger partial charge on any atom is -0.402 e. The Morgan fingerprint density at radius 3 is 1.80 bits per heavy atom. The van der Waals surface area contributed by atoms with Crippen LogP contribution in [0.3, 0.4) is 0 Å². The first-order chi connectivity index (χ1) is 8.95.